The summed E-state index contributed by atoms with van der Waals surface area (Å²) in [7, 11) is 0. The smallest absolute Gasteiger partial charge is 0.279 e. The van der Waals surface area contributed by atoms with Crippen LogP contribution in [0.4, 0.5) is 4.39 Å². The van der Waals surface area contributed by atoms with Crippen molar-refractivity contribution in [1.82, 2.24) is 10.9 Å². The molecule has 160 valence electrons. The van der Waals surface area contributed by atoms with Crippen molar-refractivity contribution < 1.29 is 28.2 Å². The normalized spacial score (nSPS) is 11.6. The van der Waals surface area contributed by atoms with Crippen LogP contribution in [0.3, 0.4) is 0 Å². The Bertz CT molecular complexity index is 901. The zero-order valence-corrected chi connectivity index (χ0v) is 17.1. The van der Waals surface area contributed by atoms with Crippen LogP contribution in [-0.2, 0) is 9.59 Å². The van der Waals surface area contributed by atoms with Crippen LogP contribution in [0.1, 0.15) is 26.3 Å². The third-order valence-corrected chi connectivity index (χ3v) is 3.81. The van der Waals surface area contributed by atoms with Gasteiger partial charge in [0, 0.05) is 6.08 Å². The molecule has 30 heavy (non-hydrogen) atoms. The molecule has 0 aromatic heterocycles. The van der Waals surface area contributed by atoms with Gasteiger partial charge in [0.1, 0.15) is 0 Å². The highest BCUT2D eigenvalue weighted by Gasteiger charge is 2.16. The summed E-state index contributed by atoms with van der Waals surface area (Å²) in [6.07, 6.45) is 1.82. The number of amides is 2. The maximum absolute atomic E-state index is 13.6. The second-order valence-corrected chi connectivity index (χ2v) is 6.07. The first-order chi connectivity index (χ1) is 14.4. The van der Waals surface area contributed by atoms with Crippen molar-refractivity contribution in [3.63, 3.8) is 0 Å². The molecule has 0 heterocycles. The monoisotopic (exact) mass is 416 g/mol. The molecule has 0 aliphatic heterocycles. The minimum atomic E-state index is -1.01. The van der Waals surface area contributed by atoms with E-state index in [2.05, 4.69) is 10.9 Å². The lowest BCUT2D eigenvalue weighted by molar-refractivity contribution is -0.131. The molecule has 0 spiro atoms. The third-order valence-electron chi connectivity index (χ3n) is 3.81. The van der Waals surface area contributed by atoms with Gasteiger partial charge in [-0.1, -0.05) is 18.2 Å². The Morgan fingerprint density at radius 1 is 1.00 bits per heavy atom. The van der Waals surface area contributed by atoms with Gasteiger partial charge in [-0.2, -0.15) is 0 Å². The molecular formula is C22H25FN2O5. The Morgan fingerprint density at radius 2 is 1.70 bits per heavy atom. The van der Waals surface area contributed by atoms with Crippen LogP contribution in [0.15, 0.2) is 48.5 Å². The average Bonchev–Trinajstić information content (AvgIpc) is 2.74. The number of nitrogens with one attached hydrogen (secondary N) is 2. The van der Waals surface area contributed by atoms with Gasteiger partial charge in [0.2, 0.25) is 0 Å². The number of rotatable bonds is 9. The number of hydrogen-bond donors (Lipinski definition) is 2. The first-order valence-electron chi connectivity index (χ1n) is 9.53. The molecule has 0 aliphatic carbocycles. The van der Waals surface area contributed by atoms with E-state index in [4.69, 9.17) is 14.2 Å². The highest BCUT2D eigenvalue weighted by atomic mass is 19.1. The highest BCUT2D eigenvalue weighted by molar-refractivity contribution is 5.93. The molecule has 0 radical (unpaired) electrons. The van der Waals surface area contributed by atoms with Crippen molar-refractivity contribution in [3.8, 4) is 17.2 Å². The van der Waals surface area contributed by atoms with Crippen LogP contribution in [0, 0.1) is 5.82 Å². The van der Waals surface area contributed by atoms with Crippen molar-refractivity contribution in [2.45, 2.75) is 26.9 Å². The topological polar surface area (TPSA) is 85.9 Å². The molecule has 2 N–H and O–H groups in total. The van der Waals surface area contributed by atoms with Crippen LogP contribution in [0.2, 0.25) is 0 Å². The van der Waals surface area contributed by atoms with Crippen molar-refractivity contribution in [3.05, 3.63) is 59.9 Å². The van der Waals surface area contributed by atoms with E-state index >= 15 is 0 Å². The number of benzene rings is 2. The molecule has 0 fully saturated rings. The number of carbonyl (C=O) groups excluding carboxylic acids is 2. The number of ether oxygens (including phenoxy) is 3. The molecule has 2 rings (SSSR count). The lowest BCUT2D eigenvalue weighted by Gasteiger charge is -2.15. The van der Waals surface area contributed by atoms with Gasteiger partial charge in [0.15, 0.2) is 29.2 Å². The van der Waals surface area contributed by atoms with E-state index in [1.165, 1.54) is 31.2 Å². The summed E-state index contributed by atoms with van der Waals surface area (Å²) in [5.41, 5.74) is 5.21. The number of hydrazine groups is 1. The second-order valence-electron chi connectivity index (χ2n) is 6.07. The summed E-state index contributed by atoms with van der Waals surface area (Å²) in [6, 6.07) is 11.0. The number of carbonyl (C=O) groups is 2. The van der Waals surface area contributed by atoms with Gasteiger partial charge in [0.25, 0.3) is 11.8 Å². The SMILES string of the molecule is CCOc1ccc(/C=C/C(=O)NNC(=O)C(C)Oc2ccccc2F)cc1OCC. The fourth-order valence-corrected chi connectivity index (χ4v) is 2.39. The Balaban J connectivity index is 1.89. The van der Waals surface area contributed by atoms with Gasteiger partial charge >= 0.3 is 0 Å². The summed E-state index contributed by atoms with van der Waals surface area (Å²) in [5, 5.41) is 0. The molecular weight excluding hydrogens is 391 g/mol. The van der Waals surface area contributed by atoms with Crippen LogP contribution >= 0.6 is 0 Å². The van der Waals surface area contributed by atoms with E-state index in [1.54, 1.807) is 30.3 Å². The van der Waals surface area contributed by atoms with Crippen molar-refractivity contribution in [2.75, 3.05) is 13.2 Å². The summed E-state index contributed by atoms with van der Waals surface area (Å²) in [6.45, 7) is 6.18. The van der Waals surface area contributed by atoms with E-state index < -0.39 is 23.7 Å². The maximum Gasteiger partial charge on any atom is 0.279 e. The van der Waals surface area contributed by atoms with Crippen LogP contribution in [-0.4, -0.2) is 31.1 Å². The predicted molar refractivity (Wildman–Crippen MR) is 111 cm³/mol. The van der Waals surface area contributed by atoms with Gasteiger partial charge in [0.05, 0.1) is 13.2 Å². The van der Waals surface area contributed by atoms with Gasteiger partial charge in [-0.15, -0.1) is 0 Å². The molecule has 2 aromatic carbocycles. The lowest BCUT2D eigenvalue weighted by atomic mass is 10.2. The van der Waals surface area contributed by atoms with Crippen LogP contribution < -0.4 is 25.1 Å². The predicted octanol–water partition coefficient (Wildman–Crippen LogP) is 3.25. The van der Waals surface area contributed by atoms with Gasteiger partial charge in [-0.05, 0) is 56.7 Å². The Labute approximate surface area is 174 Å². The van der Waals surface area contributed by atoms with Gasteiger partial charge < -0.3 is 14.2 Å². The Hall–Kier alpha value is -3.55. The van der Waals surface area contributed by atoms with Crippen molar-refractivity contribution >= 4 is 17.9 Å². The standard InChI is InChI=1S/C22H25FN2O5/c1-4-28-19-12-10-16(14-20(19)29-5-2)11-13-21(26)24-25-22(27)15(3)30-18-9-7-6-8-17(18)23/h6-15H,4-5H2,1-3H3,(H,24,26)(H,25,27)/b13-11+. The minimum absolute atomic E-state index is 0.0491. The first-order valence-corrected chi connectivity index (χ1v) is 9.53. The summed E-state index contributed by atoms with van der Waals surface area (Å²) in [4.78, 5) is 24.0. The summed E-state index contributed by atoms with van der Waals surface area (Å²) >= 11 is 0. The van der Waals surface area contributed by atoms with E-state index in [0.717, 1.165) is 5.56 Å². The van der Waals surface area contributed by atoms with E-state index in [9.17, 15) is 14.0 Å². The third kappa shape index (κ3) is 6.80. The molecule has 0 aliphatic rings. The average molecular weight is 416 g/mol. The quantitative estimate of drug-likeness (QED) is 0.484. The van der Waals surface area contributed by atoms with Crippen molar-refractivity contribution in [2.24, 2.45) is 0 Å². The number of hydrogen-bond acceptors (Lipinski definition) is 5. The maximum atomic E-state index is 13.6. The molecule has 2 aromatic rings. The Kier molecular flexibility index (Phi) is 8.68. The molecule has 0 saturated heterocycles. The van der Waals surface area contributed by atoms with Gasteiger partial charge in [-0.3, -0.25) is 20.4 Å². The minimum Gasteiger partial charge on any atom is -0.490 e. The Morgan fingerprint density at radius 3 is 2.40 bits per heavy atom. The molecule has 0 saturated carbocycles. The number of para-hydroxylation sites is 1. The fourth-order valence-electron chi connectivity index (χ4n) is 2.39. The zero-order valence-electron chi connectivity index (χ0n) is 17.1. The highest BCUT2D eigenvalue weighted by Crippen LogP contribution is 2.29. The molecule has 0 bridgehead atoms. The van der Waals surface area contributed by atoms with Crippen molar-refractivity contribution in [1.29, 1.82) is 0 Å². The molecule has 1 unspecified atom stereocenters. The van der Waals surface area contributed by atoms with E-state index in [1.807, 2.05) is 13.8 Å². The summed E-state index contributed by atoms with van der Waals surface area (Å²) < 4.78 is 29.9. The van der Waals surface area contributed by atoms with Crippen LogP contribution in [0.25, 0.3) is 6.08 Å². The lowest BCUT2D eigenvalue weighted by Crippen LogP contribution is -2.46. The van der Waals surface area contributed by atoms with Crippen LogP contribution in [0.5, 0.6) is 17.2 Å². The number of halogens is 1. The molecule has 8 heteroatoms. The van der Waals surface area contributed by atoms with E-state index in [-0.39, 0.29) is 5.75 Å². The fraction of sp³-hybridized carbons (Fsp3) is 0.273. The first kappa shape index (κ1) is 22.7. The van der Waals surface area contributed by atoms with Gasteiger partial charge in [-0.25, -0.2) is 4.39 Å². The molecule has 1 atom stereocenters. The van der Waals surface area contributed by atoms with E-state index in [0.29, 0.717) is 24.7 Å². The molecule has 2 amide bonds. The zero-order chi connectivity index (χ0) is 21.9. The summed E-state index contributed by atoms with van der Waals surface area (Å²) in [5.74, 6) is -0.600. The second kappa shape index (κ2) is 11.5. The molecule has 7 nitrogen and oxygen atoms in total. The largest absolute Gasteiger partial charge is 0.490 e.